The molecule has 2 heterocycles. The van der Waals surface area contributed by atoms with Gasteiger partial charge in [0, 0.05) is 39.0 Å². The number of likely N-dealkylation sites (tertiary alicyclic amines) is 1. The number of aliphatic hydroxyl groups is 1. The molecule has 116 valence electrons. The van der Waals surface area contributed by atoms with Gasteiger partial charge in [-0.1, -0.05) is 0 Å². The Balaban J connectivity index is 1.99. The van der Waals surface area contributed by atoms with E-state index < -0.39 is 18.1 Å². The summed E-state index contributed by atoms with van der Waals surface area (Å²) in [7, 11) is 3.39. The summed E-state index contributed by atoms with van der Waals surface area (Å²) in [5.41, 5.74) is 0.738. The number of nitrogens with zero attached hydrogens (tertiary/aromatic N) is 3. The second-order valence-corrected chi connectivity index (χ2v) is 6.31. The quantitative estimate of drug-likeness (QED) is 0.781. The molecule has 7 nitrogen and oxygen atoms in total. The number of likely N-dealkylation sites (N-methyl/N-ethyl adjacent to an activating group) is 1. The van der Waals surface area contributed by atoms with Gasteiger partial charge in [-0.05, 0) is 0 Å². The number of β-amino-alcohol motifs (C(OH)–C–C–N with tert-alkyl or cyclic N) is 1. The van der Waals surface area contributed by atoms with Gasteiger partial charge in [0.25, 0.3) is 0 Å². The van der Waals surface area contributed by atoms with Gasteiger partial charge >= 0.3 is 5.97 Å². The lowest BCUT2D eigenvalue weighted by Gasteiger charge is -2.19. The van der Waals surface area contributed by atoms with Gasteiger partial charge in [0.05, 0.1) is 18.2 Å². The maximum atomic E-state index is 11.6. The SMILES string of the molecule is CN(C)C(=O)Cc1nc(CN2CC(O)CC2C(=O)O)cs1. The van der Waals surface area contributed by atoms with Crippen LogP contribution in [0.2, 0.25) is 0 Å². The van der Waals surface area contributed by atoms with Crippen molar-refractivity contribution in [2.24, 2.45) is 0 Å². The Morgan fingerprint density at radius 1 is 1.52 bits per heavy atom. The third-order valence-corrected chi connectivity index (χ3v) is 4.33. The van der Waals surface area contributed by atoms with E-state index in [1.807, 2.05) is 5.38 Å². The van der Waals surface area contributed by atoms with Crippen molar-refractivity contribution in [3.05, 3.63) is 16.1 Å². The highest BCUT2D eigenvalue weighted by molar-refractivity contribution is 7.09. The Hall–Kier alpha value is -1.51. The largest absolute Gasteiger partial charge is 0.480 e. The molecule has 2 rings (SSSR count). The predicted molar refractivity (Wildman–Crippen MR) is 77.0 cm³/mol. The number of aromatic nitrogens is 1. The first kappa shape index (κ1) is 15.9. The van der Waals surface area contributed by atoms with Crippen molar-refractivity contribution in [3.8, 4) is 0 Å². The van der Waals surface area contributed by atoms with Crippen LogP contribution in [0.15, 0.2) is 5.38 Å². The van der Waals surface area contributed by atoms with Crippen LogP contribution in [0.4, 0.5) is 0 Å². The number of rotatable bonds is 5. The number of hydrogen-bond acceptors (Lipinski definition) is 6. The summed E-state index contributed by atoms with van der Waals surface area (Å²) < 4.78 is 0. The van der Waals surface area contributed by atoms with Gasteiger partial charge in [-0.25, -0.2) is 4.98 Å². The van der Waals surface area contributed by atoms with E-state index in [1.54, 1.807) is 19.0 Å². The van der Waals surface area contributed by atoms with Gasteiger partial charge in [0.1, 0.15) is 11.0 Å². The highest BCUT2D eigenvalue weighted by Gasteiger charge is 2.36. The fraction of sp³-hybridized carbons (Fsp3) is 0.615. The van der Waals surface area contributed by atoms with Crippen LogP contribution in [0, 0.1) is 0 Å². The highest BCUT2D eigenvalue weighted by Crippen LogP contribution is 2.22. The molecular weight excluding hydrogens is 294 g/mol. The van der Waals surface area contributed by atoms with Gasteiger partial charge in [0.15, 0.2) is 0 Å². The molecule has 1 aliphatic rings. The molecule has 0 saturated carbocycles. The van der Waals surface area contributed by atoms with Gasteiger partial charge in [0.2, 0.25) is 5.91 Å². The number of carboxylic acid groups (broad SMARTS) is 1. The zero-order valence-corrected chi connectivity index (χ0v) is 12.8. The molecule has 0 spiro atoms. The van der Waals surface area contributed by atoms with E-state index in [4.69, 9.17) is 5.11 Å². The molecule has 2 N–H and O–H groups in total. The molecule has 2 atom stereocenters. The summed E-state index contributed by atoms with van der Waals surface area (Å²) in [5.74, 6) is -0.944. The van der Waals surface area contributed by atoms with Crippen molar-refractivity contribution >= 4 is 23.2 Å². The number of aliphatic carboxylic acids is 1. The fourth-order valence-electron chi connectivity index (χ4n) is 2.31. The molecule has 0 aromatic carbocycles. The Morgan fingerprint density at radius 2 is 2.24 bits per heavy atom. The number of aliphatic hydroxyl groups excluding tert-OH is 1. The van der Waals surface area contributed by atoms with E-state index in [0.717, 1.165) is 10.7 Å². The molecule has 1 aromatic rings. The molecule has 0 radical (unpaired) electrons. The summed E-state index contributed by atoms with van der Waals surface area (Å²) >= 11 is 1.39. The maximum absolute atomic E-state index is 11.6. The van der Waals surface area contributed by atoms with E-state index >= 15 is 0 Å². The third kappa shape index (κ3) is 3.99. The fourth-order valence-corrected chi connectivity index (χ4v) is 3.09. The van der Waals surface area contributed by atoms with Gasteiger partial charge < -0.3 is 15.1 Å². The van der Waals surface area contributed by atoms with Crippen LogP contribution in [-0.2, 0) is 22.6 Å². The predicted octanol–water partition coefficient (Wildman–Crippen LogP) is -0.206. The van der Waals surface area contributed by atoms with Gasteiger partial charge in [-0.3, -0.25) is 14.5 Å². The van der Waals surface area contributed by atoms with Gasteiger partial charge in [-0.2, -0.15) is 0 Å². The second-order valence-electron chi connectivity index (χ2n) is 5.37. The van der Waals surface area contributed by atoms with Crippen LogP contribution >= 0.6 is 11.3 Å². The lowest BCUT2D eigenvalue weighted by molar-refractivity contribution is -0.142. The van der Waals surface area contributed by atoms with E-state index in [-0.39, 0.29) is 18.7 Å². The van der Waals surface area contributed by atoms with Crippen molar-refractivity contribution in [3.63, 3.8) is 0 Å². The Labute approximate surface area is 126 Å². The molecule has 0 aliphatic carbocycles. The number of carboxylic acids is 1. The summed E-state index contributed by atoms with van der Waals surface area (Å²) in [6.07, 6.45) is -0.117. The van der Waals surface area contributed by atoms with Crippen LogP contribution < -0.4 is 0 Å². The van der Waals surface area contributed by atoms with Crippen molar-refractivity contribution in [2.45, 2.75) is 31.5 Å². The molecule has 21 heavy (non-hydrogen) atoms. The van der Waals surface area contributed by atoms with Crippen LogP contribution in [-0.4, -0.2) is 69.7 Å². The zero-order valence-electron chi connectivity index (χ0n) is 12.0. The van der Waals surface area contributed by atoms with Crippen molar-refractivity contribution in [1.82, 2.24) is 14.8 Å². The Bertz CT molecular complexity index is 531. The monoisotopic (exact) mass is 313 g/mol. The standard InChI is InChI=1S/C13H19N3O4S/c1-15(2)12(18)4-11-14-8(7-21-11)5-16-6-9(17)3-10(16)13(19)20/h7,9-10,17H,3-6H2,1-2H3,(H,19,20). The summed E-state index contributed by atoms with van der Waals surface area (Å²) in [4.78, 5) is 30.4. The Morgan fingerprint density at radius 3 is 2.86 bits per heavy atom. The summed E-state index contributed by atoms with van der Waals surface area (Å²) in [5, 5.41) is 21.3. The summed E-state index contributed by atoms with van der Waals surface area (Å²) in [6.45, 7) is 0.709. The minimum absolute atomic E-state index is 0.0177. The molecular formula is C13H19N3O4S. The topological polar surface area (TPSA) is 94.0 Å². The average Bonchev–Trinajstić information content (AvgIpc) is 2.96. The smallest absolute Gasteiger partial charge is 0.321 e. The lowest BCUT2D eigenvalue weighted by Crippen LogP contribution is -2.35. The van der Waals surface area contributed by atoms with Crippen molar-refractivity contribution < 1.29 is 19.8 Å². The number of carbonyl (C=O) groups is 2. The molecule has 2 unspecified atom stereocenters. The summed E-state index contributed by atoms with van der Waals surface area (Å²) in [6, 6.07) is -0.673. The number of hydrogen-bond donors (Lipinski definition) is 2. The third-order valence-electron chi connectivity index (χ3n) is 3.43. The van der Waals surface area contributed by atoms with Crippen LogP contribution in [0.25, 0.3) is 0 Å². The first-order valence-electron chi connectivity index (χ1n) is 6.65. The van der Waals surface area contributed by atoms with Crippen LogP contribution in [0.1, 0.15) is 17.1 Å². The first-order valence-corrected chi connectivity index (χ1v) is 7.53. The molecule has 1 aromatic heterocycles. The minimum Gasteiger partial charge on any atom is -0.480 e. The zero-order chi connectivity index (χ0) is 15.6. The second kappa shape index (κ2) is 6.50. The molecule has 8 heteroatoms. The van der Waals surface area contributed by atoms with Crippen molar-refractivity contribution in [2.75, 3.05) is 20.6 Å². The highest BCUT2D eigenvalue weighted by atomic mass is 32.1. The number of carbonyl (C=O) groups excluding carboxylic acids is 1. The number of amides is 1. The van der Waals surface area contributed by atoms with Gasteiger partial charge in [-0.15, -0.1) is 11.3 Å². The van der Waals surface area contributed by atoms with E-state index in [1.165, 1.54) is 16.2 Å². The minimum atomic E-state index is -0.926. The van der Waals surface area contributed by atoms with E-state index in [9.17, 15) is 14.7 Å². The van der Waals surface area contributed by atoms with Crippen LogP contribution in [0.3, 0.4) is 0 Å². The molecule has 1 amide bonds. The van der Waals surface area contributed by atoms with E-state index in [2.05, 4.69) is 4.98 Å². The molecule has 1 aliphatic heterocycles. The molecule has 1 saturated heterocycles. The molecule has 1 fully saturated rings. The maximum Gasteiger partial charge on any atom is 0.321 e. The average molecular weight is 313 g/mol. The van der Waals surface area contributed by atoms with Crippen molar-refractivity contribution in [1.29, 1.82) is 0 Å². The first-order chi connectivity index (χ1) is 9.86. The molecule has 0 bridgehead atoms. The Kier molecular flexibility index (Phi) is 4.92. The van der Waals surface area contributed by atoms with E-state index in [0.29, 0.717) is 13.1 Å². The normalized spacial score (nSPS) is 22.4. The van der Waals surface area contributed by atoms with Crippen LogP contribution in [0.5, 0.6) is 0 Å². The lowest BCUT2D eigenvalue weighted by atomic mass is 10.2. The number of thiazole rings is 1.